The summed E-state index contributed by atoms with van der Waals surface area (Å²) in [4.78, 5) is 28.0. The number of nitrogens with zero attached hydrogens (tertiary/aromatic N) is 10. The highest BCUT2D eigenvalue weighted by atomic mass is 14.9. The van der Waals surface area contributed by atoms with Crippen LogP contribution in [0.1, 0.15) is 11.1 Å². The van der Waals surface area contributed by atoms with Gasteiger partial charge in [0.15, 0.2) is 11.6 Å². The molecule has 0 unspecified atom stereocenters. The molecule has 0 amide bonds. The molecular formula is C44H22N10. The van der Waals surface area contributed by atoms with Crippen LogP contribution in [0.3, 0.4) is 0 Å². The fourth-order valence-electron chi connectivity index (χ4n) is 6.59. The van der Waals surface area contributed by atoms with Crippen molar-refractivity contribution < 1.29 is 0 Å². The van der Waals surface area contributed by atoms with Crippen molar-refractivity contribution in [2.24, 2.45) is 9.98 Å². The molecule has 2 aliphatic rings. The van der Waals surface area contributed by atoms with Crippen molar-refractivity contribution in [2.75, 3.05) is 0 Å². The predicted molar refractivity (Wildman–Crippen MR) is 200 cm³/mol. The van der Waals surface area contributed by atoms with Crippen molar-refractivity contribution in [2.45, 2.75) is 0 Å². The van der Waals surface area contributed by atoms with Crippen LogP contribution in [0.25, 0.3) is 67.8 Å². The summed E-state index contributed by atoms with van der Waals surface area (Å²) in [6.45, 7) is 0. The Balaban J connectivity index is 1.48. The molecule has 0 N–H and O–H groups in total. The Morgan fingerprint density at radius 2 is 0.667 bits per heavy atom. The second-order valence-electron chi connectivity index (χ2n) is 12.0. The molecule has 0 bridgehead atoms. The van der Waals surface area contributed by atoms with Crippen molar-refractivity contribution >= 4 is 0 Å². The first-order chi connectivity index (χ1) is 26.6. The summed E-state index contributed by atoms with van der Waals surface area (Å²) >= 11 is 0. The van der Waals surface area contributed by atoms with Crippen LogP contribution in [0.5, 0.6) is 0 Å². The maximum absolute atomic E-state index is 10.9. The average molecular weight is 691 g/mol. The van der Waals surface area contributed by atoms with E-state index in [4.69, 9.17) is 19.9 Å². The number of hydrogen-bond donors (Lipinski definition) is 0. The Labute approximate surface area is 308 Å². The SMILES string of the molecule is N#CN=c1c(-c2nc(-c3ccccc3)cc(-c3ccccc3)n2)c(C#N)c2c(=NC#N)c(-c3nc(-c4ccccc4)cc(-c4ccccc4)n3)c(C#N)c1=2. The fraction of sp³-hybridized carbons (Fsp3) is 0. The van der Waals surface area contributed by atoms with Crippen LogP contribution >= 0.6 is 0 Å². The highest BCUT2D eigenvalue weighted by molar-refractivity contribution is 5.79. The summed E-state index contributed by atoms with van der Waals surface area (Å²) in [5.74, 6) is 0.220. The van der Waals surface area contributed by atoms with Gasteiger partial charge in [0.1, 0.15) is 12.1 Å². The lowest BCUT2D eigenvalue weighted by molar-refractivity contribution is 1.16. The maximum atomic E-state index is 10.9. The molecule has 2 aliphatic carbocycles. The molecule has 248 valence electrons. The van der Waals surface area contributed by atoms with Gasteiger partial charge in [-0.1, -0.05) is 121 Å². The van der Waals surface area contributed by atoms with Gasteiger partial charge in [0, 0.05) is 32.7 Å². The highest BCUT2D eigenvalue weighted by Crippen LogP contribution is 2.32. The summed E-state index contributed by atoms with van der Waals surface area (Å²) in [5, 5.41) is 42.2. The summed E-state index contributed by atoms with van der Waals surface area (Å²) in [5.41, 5.74) is 5.73. The molecule has 10 nitrogen and oxygen atoms in total. The van der Waals surface area contributed by atoms with Crippen molar-refractivity contribution in [1.29, 1.82) is 21.0 Å². The second-order valence-corrected chi connectivity index (χ2v) is 12.0. The topological polar surface area (TPSA) is 171 Å². The van der Waals surface area contributed by atoms with Crippen LogP contribution in [-0.4, -0.2) is 19.9 Å². The predicted octanol–water partition coefficient (Wildman–Crippen LogP) is 7.38. The van der Waals surface area contributed by atoms with Gasteiger partial charge in [0.05, 0.1) is 55.7 Å². The third-order valence-corrected chi connectivity index (χ3v) is 8.92. The maximum Gasteiger partial charge on any atom is 0.206 e. The molecule has 0 saturated carbocycles. The van der Waals surface area contributed by atoms with Gasteiger partial charge < -0.3 is 0 Å². The minimum absolute atomic E-state index is 0.00229. The first-order valence-corrected chi connectivity index (χ1v) is 16.6. The number of benzene rings is 4. The van der Waals surface area contributed by atoms with E-state index in [1.165, 1.54) is 0 Å². The van der Waals surface area contributed by atoms with Gasteiger partial charge in [-0.15, -0.1) is 0 Å². The molecule has 2 aromatic heterocycles. The lowest BCUT2D eigenvalue weighted by Crippen LogP contribution is -2.11. The number of aromatic nitrogens is 4. The molecule has 0 fully saturated rings. The van der Waals surface area contributed by atoms with Crippen molar-refractivity contribution in [3.8, 4) is 92.3 Å². The Hall–Kier alpha value is -8.44. The van der Waals surface area contributed by atoms with E-state index in [0.717, 1.165) is 22.3 Å². The van der Waals surface area contributed by atoms with E-state index in [0.29, 0.717) is 22.8 Å². The van der Waals surface area contributed by atoms with Gasteiger partial charge in [-0.05, 0) is 12.1 Å². The van der Waals surface area contributed by atoms with Gasteiger partial charge in [-0.2, -0.15) is 31.0 Å². The number of rotatable bonds is 6. The van der Waals surface area contributed by atoms with Gasteiger partial charge in [0.2, 0.25) is 12.4 Å². The lowest BCUT2D eigenvalue weighted by Gasteiger charge is -2.10. The normalized spacial score (nSPS) is 11.5. The van der Waals surface area contributed by atoms with Gasteiger partial charge in [0.25, 0.3) is 0 Å². The summed E-state index contributed by atoms with van der Waals surface area (Å²) < 4.78 is 0. The summed E-state index contributed by atoms with van der Waals surface area (Å²) in [6, 6.07) is 46.2. The summed E-state index contributed by atoms with van der Waals surface area (Å²) in [6.07, 6.45) is 3.71. The van der Waals surface area contributed by atoms with E-state index < -0.39 is 0 Å². The molecule has 10 heteroatoms. The zero-order chi connectivity index (χ0) is 37.0. The van der Waals surface area contributed by atoms with E-state index in [-0.39, 0.29) is 55.1 Å². The first kappa shape index (κ1) is 32.7. The minimum Gasteiger partial charge on any atom is -0.228 e. The average Bonchev–Trinajstić information content (AvgIpc) is 3.73. The first-order valence-electron chi connectivity index (χ1n) is 16.6. The Morgan fingerprint density at radius 3 is 0.907 bits per heavy atom. The van der Waals surface area contributed by atoms with Crippen LogP contribution in [0.2, 0.25) is 0 Å². The van der Waals surface area contributed by atoms with Crippen molar-refractivity contribution in [3.05, 3.63) is 166 Å². The number of hydrogen-bond acceptors (Lipinski definition) is 10. The van der Waals surface area contributed by atoms with Crippen LogP contribution < -0.4 is 10.7 Å². The molecule has 0 radical (unpaired) electrons. The van der Waals surface area contributed by atoms with Gasteiger partial charge in [-0.25, -0.2) is 19.9 Å². The second kappa shape index (κ2) is 14.1. The largest absolute Gasteiger partial charge is 0.228 e. The van der Waals surface area contributed by atoms with E-state index >= 15 is 0 Å². The van der Waals surface area contributed by atoms with Crippen LogP contribution in [0.4, 0.5) is 0 Å². The van der Waals surface area contributed by atoms with E-state index in [1.54, 1.807) is 0 Å². The Kier molecular flexibility index (Phi) is 8.52. The molecule has 2 heterocycles. The van der Waals surface area contributed by atoms with E-state index in [2.05, 4.69) is 22.1 Å². The molecule has 0 atom stereocenters. The minimum atomic E-state index is 0.00229. The molecule has 4 aromatic carbocycles. The quantitative estimate of drug-likeness (QED) is 0.163. The molecular weight excluding hydrogens is 669 g/mol. The number of nitriles is 4. The standard InChI is InChI=1S/C44H22N10/c45-23-31-37-38(41(49-25-47)39(31)43-51-33(27-13-5-1-6-14-27)21-34(52-43)28-15-7-2-8-16-28)32(24-46)40(42(37)50-26-48)44-53-35(29-17-9-3-10-18-29)22-36(54-44)30-19-11-4-12-20-30/h1-22H. The molecule has 8 rings (SSSR count). The Morgan fingerprint density at radius 1 is 0.389 bits per heavy atom. The smallest absolute Gasteiger partial charge is 0.206 e. The van der Waals surface area contributed by atoms with Crippen molar-refractivity contribution in [3.63, 3.8) is 0 Å². The van der Waals surface area contributed by atoms with Gasteiger partial charge >= 0.3 is 0 Å². The zero-order valence-electron chi connectivity index (χ0n) is 28.2. The van der Waals surface area contributed by atoms with Crippen molar-refractivity contribution in [1.82, 2.24) is 19.9 Å². The lowest BCUT2D eigenvalue weighted by atomic mass is 10.0. The van der Waals surface area contributed by atoms with Crippen LogP contribution in [0.15, 0.2) is 143 Å². The third kappa shape index (κ3) is 5.71. The molecule has 54 heavy (non-hydrogen) atoms. The third-order valence-electron chi connectivity index (χ3n) is 8.92. The van der Waals surface area contributed by atoms with E-state index in [1.807, 2.05) is 146 Å². The molecule has 0 spiro atoms. The zero-order valence-corrected chi connectivity index (χ0v) is 28.2. The molecule has 6 aromatic rings. The fourth-order valence-corrected chi connectivity index (χ4v) is 6.59. The molecule has 0 aliphatic heterocycles. The molecule has 0 saturated heterocycles. The van der Waals surface area contributed by atoms with Crippen LogP contribution in [-0.2, 0) is 0 Å². The monoisotopic (exact) mass is 690 g/mol. The van der Waals surface area contributed by atoms with E-state index in [9.17, 15) is 21.0 Å². The summed E-state index contributed by atoms with van der Waals surface area (Å²) in [7, 11) is 0. The van der Waals surface area contributed by atoms with Gasteiger partial charge in [-0.3, -0.25) is 0 Å². The Bertz CT molecular complexity index is 2740. The highest BCUT2D eigenvalue weighted by Gasteiger charge is 2.28. The van der Waals surface area contributed by atoms with Crippen LogP contribution in [0, 0.1) is 56.0 Å².